The Morgan fingerprint density at radius 3 is 1.72 bits per heavy atom. The third kappa shape index (κ3) is 3.53. The molecule has 0 heterocycles. The molecule has 4 nitrogen and oxygen atoms in total. The molecule has 18 heavy (non-hydrogen) atoms. The van der Waals surface area contributed by atoms with Crippen LogP contribution in [0.2, 0.25) is 0 Å². The summed E-state index contributed by atoms with van der Waals surface area (Å²) < 4.78 is 116. The predicted octanol–water partition coefficient (Wildman–Crippen LogP) is 2.74. The lowest BCUT2D eigenvalue weighted by Crippen LogP contribution is -2.48. The molecule has 0 radical (unpaired) electrons. The van der Waals surface area contributed by atoms with Gasteiger partial charge in [0.05, 0.1) is 0 Å². The number of halogens is 9. The van der Waals surface area contributed by atoms with E-state index in [2.05, 4.69) is 4.74 Å². The molecular weight excluding hydrogens is 423 g/mol. The first kappa shape index (κ1) is 18.0. The maximum atomic E-state index is 12.5. The second-order valence-corrected chi connectivity index (χ2v) is 5.46. The molecule has 110 valence electrons. The van der Waals surface area contributed by atoms with Gasteiger partial charge in [-0.2, -0.15) is 34.8 Å². The van der Waals surface area contributed by atoms with E-state index in [9.17, 15) is 43.7 Å². The van der Waals surface area contributed by atoms with Crippen LogP contribution in [0.15, 0.2) is 0 Å². The topological polar surface area (TPSA) is 52.6 Å². The molecule has 0 bridgehead atoms. The summed E-state index contributed by atoms with van der Waals surface area (Å²) in [7, 11) is -6.60. The van der Waals surface area contributed by atoms with Gasteiger partial charge in [0.2, 0.25) is 0 Å². The van der Waals surface area contributed by atoms with Crippen LogP contribution in [0, 0.1) is 0 Å². The van der Waals surface area contributed by atoms with Crippen LogP contribution >= 0.6 is 22.6 Å². The van der Waals surface area contributed by atoms with Gasteiger partial charge in [-0.05, 0) is 4.53 Å². The number of alkyl halides is 8. The van der Waals surface area contributed by atoms with Gasteiger partial charge in [-0.15, -0.1) is 0 Å². The van der Waals surface area contributed by atoms with Crippen LogP contribution in [0.1, 0.15) is 0 Å². The zero-order valence-electron chi connectivity index (χ0n) is 7.52. The summed E-state index contributed by atoms with van der Waals surface area (Å²) >= 11 is -0.264. The molecule has 0 fully saturated rings. The van der Waals surface area contributed by atoms with E-state index >= 15 is 0 Å². The standard InChI is InChI=1S/C4HF8IO4S/c5-1(2(6,7)18(14,15)17-12)16-4(10,11)3(8,9)13/h1H. The number of rotatable bonds is 6. The Morgan fingerprint density at radius 1 is 1.06 bits per heavy atom. The molecule has 0 saturated heterocycles. The molecule has 0 aromatic carbocycles. The Labute approximate surface area is 107 Å². The maximum Gasteiger partial charge on any atom is 0.431 e. The van der Waals surface area contributed by atoms with Crippen molar-refractivity contribution in [3.05, 3.63) is 0 Å². The van der Waals surface area contributed by atoms with Crippen LogP contribution in [0.4, 0.5) is 35.3 Å². The smallest absolute Gasteiger partial charge is 0.273 e. The summed E-state index contributed by atoms with van der Waals surface area (Å²) in [5, 5.41) is -5.95. The number of hydrogen-bond acceptors (Lipinski definition) is 4. The summed E-state index contributed by atoms with van der Waals surface area (Å²) in [4.78, 5) is 0. The van der Waals surface area contributed by atoms with Crippen molar-refractivity contribution in [2.45, 2.75) is 21.7 Å². The number of hydrogen-bond donors (Lipinski definition) is 0. The van der Waals surface area contributed by atoms with E-state index in [0.29, 0.717) is 0 Å². The van der Waals surface area contributed by atoms with E-state index in [4.69, 9.17) is 0 Å². The quantitative estimate of drug-likeness (QED) is 0.374. The van der Waals surface area contributed by atoms with Crippen LogP contribution in [-0.2, 0) is 19.2 Å². The maximum absolute atomic E-state index is 12.5. The fourth-order valence-corrected chi connectivity index (χ4v) is 0.907. The molecule has 0 saturated carbocycles. The highest BCUT2D eigenvalue weighted by Crippen LogP contribution is 2.44. The van der Waals surface area contributed by atoms with Gasteiger partial charge in [-0.1, -0.05) is 4.39 Å². The van der Waals surface area contributed by atoms with Gasteiger partial charge in [0.15, 0.2) is 0 Å². The Kier molecular flexibility index (Phi) is 5.21. The zero-order chi connectivity index (χ0) is 15.0. The largest absolute Gasteiger partial charge is 0.431 e. The second-order valence-electron chi connectivity index (χ2n) is 2.53. The monoisotopic (exact) mass is 424 g/mol. The minimum Gasteiger partial charge on any atom is -0.273 e. The zero-order valence-corrected chi connectivity index (χ0v) is 10.5. The van der Waals surface area contributed by atoms with Crippen LogP contribution < -0.4 is 0 Å². The first-order valence-electron chi connectivity index (χ1n) is 3.38. The highest BCUT2D eigenvalue weighted by molar-refractivity contribution is 14.1. The van der Waals surface area contributed by atoms with E-state index in [1.807, 2.05) is 0 Å². The van der Waals surface area contributed by atoms with E-state index in [1.165, 1.54) is 0 Å². The molecule has 0 rings (SSSR count). The van der Waals surface area contributed by atoms with Crippen LogP contribution in [-0.4, -0.2) is 30.1 Å². The highest BCUT2D eigenvalue weighted by atomic mass is 127. The van der Waals surface area contributed by atoms with Crippen LogP contribution in [0.5, 0.6) is 0 Å². The molecule has 0 amide bonds. The third-order valence-electron chi connectivity index (χ3n) is 1.26. The van der Waals surface area contributed by atoms with E-state index in [1.54, 1.807) is 4.39 Å². The van der Waals surface area contributed by atoms with Crippen molar-refractivity contribution >= 4 is 32.7 Å². The first-order chi connectivity index (χ1) is 7.69. The van der Waals surface area contributed by atoms with Crippen molar-refractivity contribution in [1.82, 2.24) is 0 Å². The molecule has 1 unspecified atom stereocenters. The summed E-state index contributed by atoms with van der Waals surface area (Å²) in [5.41, 5.74) is 0. The van der Waals surface area contributed by atoms with Gasteiger partial charge in [0.1, 0.15) is 0 Å². The Bertz CT molecular complexity index is 390. The molecule has 0 spiro atoms. The average molecular weight is 424 g/mol. The van der Waals surface area contributed by atoms with Gasteiger partial charge >= 0.3 is 25.4 Å². The lowest BCUT2D eigenvalue weighted by atomic mass is 10.6. The van der Waals surface area contributed by atoms with Crippen molar-refractivity contribution in [3.63, 3.8) is 0 Å². The normalized spacial score (nSPS) is 16.7. The van der Waals surface area contributed by atoms with E-state index in [0.717, 1.165) is 0 Å². The predicted molar refractivity (Wildman–Crippen MR) is 46.0 cm³/mol. The molecule has 0 N–H and O–H groups in total. The summed E-state index contributed by atoms with van der Waals surface area (Å²) in [6, 6.07) is 0. The molecule has 0 aliphatic rings. The minimum absolute atomic E-state index is 0.264. The molecule has 0 aromatic heterocycles. The van der Waals surface area contributed by atoms with Crippen LogP contribution in [0.25, 0.3) is 0 Å². The lowest BCUT2D eigenvalue weighted by molar-refractivity contribution is -0.361. The molecular formula is C4HF8IO4S. The summed E-state index contributed by atoms with van der Waals surface area (Å²) in [5.74, 6) is 0. The molecule has 0 aliphatic carbocycles. The van der Waals surface area contributed by atoms with Crippen molar-refractivity contribution in [1.29, 1.82) is 0 Å². The van der Waals surface area contributed by atoms with Crippen LogP contribution in [0.3, 0.4) is 0 Å². The van der Waals surface area contributed by atoms with Gasteiger partial charge in [0.25, 0.3) is 6.36 Å². The van der Waals surface area contributed by atoms with E-state index < -0.39 is 31.8 Å². The van der Waals surface area contributed by atoms with E-state index in [-0.39, 0.29) is 22.6 Å². The molecule has 0 aromatic rings. The van der Waals surface area contributed by atoms with Crippen molar-refractivity contribution in [2.75, 3.05) is 0 Å². The van der Waals surface area contributed by atoms with Gasteiger partial charge in [-0.25, -0.2) is 4.39 Å². The average Bonchev–Trinajstić information content (AvgIpc) is 2.14. The summed E-state index contributed by atoms with van der Waals surface area (Å²) in [6.07, 6.45) is -10.5. The summed E-state index contributed by atoms with van der Waals surface area (Å²) in [6.45, 7) is 0. The fraction of sp³-hybridized carbons (Fsp3) is 1.00. The fourth-order valence-electron chi connectivity index (χ4n) is 0.421. The Hall–Kier alpha value is 0.0400. The number of ether oxygens (including phenoxy) is 1. The van der Waals surface area contributed by atoms with Gasteiger partial charge in [-0.3, -0.25) is 4.74 Å². The molecule has 1 atom stereocenters. The van der Waals surface area contributed by atoms with Crippen molar-refractivity contribution < 1.29 is 52.8 Å². The Balaban J connectivity index is 5.17. The van der Waals surface area contributed by atoms with Crippen molar-refractivity contribution in [2.24, 2.45) is 0 Å². The second kappa shape index (κ2) is 5.20. The van der Waals surface area contributed by atoms with Crippen molar-refractivity contribution in [3.8, 4) is 0 Å². The molecule has 0 aliphatic heterocycles. The SMILES string of the molecule is O=S(=O)(OF)C(F)(F)C(F)OC(F)(F)C(F)(F)I. The van der Waals surface area contributed by atoms with Gasteiger partial charge < -0.3 is 0 Å². The van der Waals surface area contributed by atoms with Gasteiger partial charge in [0, 0.05) is 22.6 Å². The first-order valence-corrected chi connectivity index (χ1v) is 5.87. The minimum atomic E-state index is -6.60. The third-order valence-corrected chi connectivity index (χ3v) is 2.91. The highest BCUT2D eigenvalue weighted by Gasteiger charge is 2.64. The molecule has 14 heteroatoms. The lowest BCUT2D eigenvalue weighted by Gasteiger charge is -2.25. The Morgan fingerprint density at radius 2 is 1.44 bits per heavy atom.